The van der Waals surface area contributed by atoms with Crippen molar-refractivity contribution in [2.75, 3.05) is 37.6 Å². The molecule has 1 saturated carbocycles. The smallest absolute Gasteiger partial charge is 0.274 e. The zero-order valence-electron chi connectivity index (χ0n) is 23.3. The van der Waals surface area contributed by atoms with Crippen molar-refractivity contribution in [1.29, 1.82) is 0 Å². The van der Waals surface area contributed by atoms with Crippen LogP contribution < -0.4 is 10.2 Å². The lowest BCUT2D eigenvalue weighted by molar-refractivity contribution is 0.0822. The van der Waals surface area contributed by atoms with Gasteiger partial charge in [0.05, 0.1) is 16.2 Å². The van der Waals surface area contributed by atoms with Gasteiger partial charge in [-0.25, -0.2) is 22.2 Å². The molecule has 2 N–H and O–H groups in total. The number of sulfone groups is 1. The molecular formula is C26H29F2N9O3S. The van der Waals surface area contributed by atoms with E-state index in [9.17, 15) is 13.2 Å². The number of nitrogens with one attached hydrogen (secondary N) is 2. The first-order chi connectivity index (χ1) is 19.2. The fourth-order valence-electron chi connectivity index (χ4n) is 4.48. The number of hydrogen-bond acceptors (Lipinski definition) is 9. The van der Waals surface area contributed by atoms with Gasteiger partial charge in [-0.15, -0.1) is 0 Å². The van der Waals surface area contributed by atoms with Gasteiger partial charge < -0.3 is 15.1 Å². The van der Waals surface area contributed by atoms with Crippen LogP contribution in [0.5, 0.6) is 0 Å². The molecule has 1 amide bonds. The SMILES string of the molecule is Cc1cc(Nc2nc(N(C)c3c(F)cc(S(C)(=O)=O)cc3F)nc(-c3cn(C)nc3C(=O)N(C)C)c2C2CC2)n[nH]1. The summed E-state index contributed by atoms with van der Waals surface area (Å²) in [5.41, 5.74) is 1.94. The standard InChI is InChI=1S/C26H29F2N9O3S/c1-13-9-19(33-32-13)29-24-20(14-7-8-14)21(16-12-36(4)34-22(16)25(38)35(2)3)30-26(31-24)37(5)23-17(27)10-15(11-18(23)28)41(6,39)40/h9-12,14H,7-8H2,1-6H3,(H2,29,30,31,32,33). The van der Waals surface area contributed by atoms with Crippen molar-refractivity contribution in [1.82, 2.24) is 34.8 Å². The normalized spacial score (nSPS) is 13.4. The second kappa shape index (κ2) is 10.2. The van der Waals surface area contributed by atoms with Gasteiger partial charge in [0, 0.05) is 58.0 Å². The molecule has 1 aromatic carbocycles. The second-order valence-electron chi connectivity index (χ2n) is 10.3. The van der Waals surface area contributed by atoms with Gasteiger partial charge in [0.25, 0.3) is 5.91 Å². The molecule has 0 saturated heterocycles. The number of nitrogens with zero attached hydrogens (tertiary/aromatic N) is 7. The molecule has 1 aliphatic rings. The van der Waals surface area contributed by atoms with Crippen LogP contribution in [0.15, 0.2) is 29.3 Å². The quantitative estimate of drug-likeness (QED) is 0.317. The number of benzene rings is 1. The third-order valence-electron chi connectivity index (χ3n) is 6.62. The Morgan fingerprint density at radius 2 is 1.78 bits per heavy atom. The van der Waals surface area contributed by atoms with Crippen molar-refractivity contribution in [3.05, 3.63) is 53.0 Å². The molecule has 4 aromatic rings. The van der Waals surface area contributed by atoms with Gasteiger partial charge >= 0.3 is 0 Å². The maximum Gasteiger partial charge on any atom is 0.274 e. The number of aryl methyl sites for hydroxylation is 2. The molecule has 0 spiro atoms. The molecule has 1 aliphatic carbocycles. The number of carbonyl (C=O) groups excluding carboxylic acids is 1. The summed E-state index contributed by atoms with van der Waals surface area (Å²) < 4.78 is 55.8. The van der Waals surface area contributed by atoms with E-state index in [0.29, 0.717) is 22.9 Å². The summed E-state index contributed by atoms with van der Waals surface area (Å²) in [7, 11) is 2.42. The monoisotopic (exact) mass is 585 g/mol. The van der Waals surface area contributed by atoms with Crippen LogP contribution in [0, 0.1) is 18.6 Å². The van der Waals surface area contributed by atoms with E-state index in [-0.39, 0.29) is 23.5 Å². The average Bonchev–Trinajstić information content (AvgIpc) is 3.53. The first kappa shape index (κ1) is 28.1. The summed E-state index contributed by atoms with van der Waals surface area (Å²) in [4.78, 5) is 24.5. The highest BCUT2D eigenvalue weighted by Crippen LogP contribution is 2.48. The summed E-state index contributed by atoms with van der Waals surface area (Å²) in [6, 6.07) is 3.28. The van der Waals surface area contributed by atoms with Crippen LogP contribution in [-0.4, -0.2) is 76.6 Å². The predicted molar refractivity (Wildman–Crippen MR) is 148 cm³/mol. The van der Waals surface area contributed by atoms with Crippen molar-refractivity contribution in [3.63, 3.8) is 0 Å². The number of H-pyrrole nitrogens is 1. The molecular weight excluding hydrogens is 556 g/mol. The molecule has 0 bridgehead atoms. The van der Waals surface area contributed by atoms with Crippen LogP contribution in [0.3, 0.4) is 0 Å². The molecule has 0 unspecified atom stereocenters. The number of aromatic nitrogens is 6. The Morgan fingerprint density at radius 1 is 1.12 bits per heavy atom. The maximum absolute atomic E-state index is 15.2. The topological polar surface area (TPSA) is 142 Å². The highest BCUT2D eigenvalue weighted by Gasteiger charge is 2.35. The molecule has 15 heteroatoms. The van der Waals surface area contributed by atoms with Crippen molar-refractivity contribution in [2.45, 2.75) is 30.6 Å². The molecule has 41 heavy (non-hydrogen) atoms. The van der Waals surface area contributed by atoms with Gasteiger partial charge in [-0.05, 0) is 37.8 Å². The number of halogens is 2. The molecule has 216 valence electrons. The molecule has 1 fully saturated rings. The van der Waals surface area contributed by atoms with Gasteiger partial charge in [-0.3, -0.25) is 14.6 Å². The first-order valence-electron chi connectivity index (χ1n) is 12.6. The molecule has 5 rings (SSSR count). The average molecular weight is 586 g/mol. The number of aromatic amines is 1. The van der Waals surface area contributed by atoms with Gasteiger partial charge in [-0.2, -0.15) is 15.2 Å². The highest BCUT2D eigenvalue weighted by atomic mass is 32.2. The van der Waals surface area contributed by atoms with E-state index < -0.39 is 32.1 Å². The molecule has 0 aliphatic heterocycles. The van der Waals surface area contributed by atoms with Gasteiger partial charge in [-0.1, -0.05) is 0 Å². The van der Waals surface area contributed by atoms with E-state index in [1.54, 1.807) is 33.4 Å². The summed E-state index contributed by atoms with van der Waals surface area (Å²) in [6.07, 6.45) is 4.24. The lowest BCUT2D eigenvalue weighted by Crippen LogP contribution is -2.23. The number of amides is 1. The Morgan fingerprint density at radius 3 is 2.32 bits per heavy atom. The molecule has 0 atom stereocenters. The van der Waals surface area contributed by atoms with Gasteiger partial charge in [0.1, 0.15) is 11.5 Å². The van der Waals surface area contributed by atoms with E-state index in [1.807, 2.05) is 6.92 Å². The van der Waals surface area contributed by atoms with Gasteiger partial charge in [0.15, 0.2) is 33.0 Å². The minimum Gasteiger partial charge on any atom is -0.343 e. The minimum atomic E-state index is -3.86. The lowest BCUT2D eigenvalue weighted by Gasteiger charge is -2.23. The maximum atomic E-state index is 15.2. The lowest BCUT2D eigenvalue weighted by atomic mass is 10.0. The number of hydrogen-bond donors (Lipinski definition) is 2. The van der Waals surface area contributed by atoms with E-state index in [2.05, 4.69) is 25.6 Å². The summed E-state index contributed by atoms with van der Waals surface area (Å²) in [5, 5.41) is 14.7. The number of rotatable bonds is 8. The predicted octanol–water partition coefficient (Wildman–Crippen LogP) is 3.68. The zero-order valence-corrected chi connectivity index (χ0v) is 24.1. The third-order valence-corrected chi connectivity index (χ3v) is 7.71. The number of carbonyl (C=O) groups is 1. The van der Waals surface area contributed by atoms with Crippen LogP contribution in [-0.2, 0) is 16.9 Å². The van der Waals surface area contributed by atoms with E-state index in [1.165, 1.54) is 16.6 Å². The summed E-state index contributed by atoms with van der Waals surface area (Å²) >= 11 is 0. The van der Waals surface area contributed by atoms with Crippen LogP contribution >= 0.6 is 0 Å². The van der Waals surface area contributed by atoms with Gasteiger partial charge in [0.2, 0.25) is 5.95 Å². The van der Waals surface area contributed by atoms with E-state index in [0.717, 1.165) is 47.4 Å². The van der Waals surface area contributed by atoms with E-state index in [4.69, 9.17) is 4.98 Å². The molecule has 3 heterocycles. The Hall–Kier alpha value is -4.40. The van der Waals surface area contributed by atoms with Crippen LogP contribution in [0.4, 0.5) is 32.1 Å². The minimum absolute atomic E-state index is 0.0666. The van der Waals surface area contributed by atoms with E-state index >= 15 is 8.78 Å². The summed E-state index contributed by atoms with van der Waals surface area (Å²) in [6.45, 7) is 1.84. The highest BCUT2D eigenvalue weighted by molar-refractivity contribution is 7.90. The zero-order chi connectivity index (χ0) is 29.8. The van der Waals surface area contributed by atoms with Crippen LogP contribution in [0.25, 0.3) is 11.3 Å². The Bertz CT molecular complexity index is 1760. The summed E-state index contributed by atoms with van der Waals surface area (Å²) in [5.74, 6) is -1.77. The first-order valence-corrected chi connectivity index (χ1v) is 14.5. The molecule has 0 radical (unpaired) electrons. The van der Waals surface area contributed by atoms with Crippen molar-refractivity contribution in [3.8, 4) is 11.3 Å². The van der Waals surface area contributed by atoms with Crippen LogP contribution in [0.2, 0.25) is 0 Å². The van der Waals surface area contributed by atoms with Crippen LogP contribution in [0.1, 0.15) is 40.5 Å². The Kier molecular flexibility index (Phi) is 7.01. The van der Waals surface area contributed by atoms with Crippen molar-refractivity contribution in [2.24, 2.45) is 7.05 Å². The third kappa shape index (κ3) is 5.49. The fraction of sp³-hybridized carbons (Fsp3) is 0.346. The number of anilines is 4. The van der Waals surface area contributed by atoms with Crippen molar-refractivity contribution < 1.29 is 22.0 Å². The second-order valence-corrected chi connectivity index (χ2v) is 12.3. The van der Waals surface area contributed by atoms with Crippen molar-refractivity contribution >= 4 is 39.0 Å². The Labute approximate surface area is 235 Å². The Balaban J connectivity index is 1.74. The molecule has 12 nitrogen and oxygen atoms in total. The largest absolute Gasteiger partial charge is 0.343 e. The molecule has 3 aromatic heterocycles. The fourth-order valence-corrected chi connectivity index (χ4v) is 5.11.